The quantitative estimate of drug-likeness (QED) is 0.575. The van der Waals surface area contributed by atoms with Crippen molar-refractivity contribution in [1.82, 2.24) is 0 Å². The van der Waals surface area contributed by atoms with Crippen LogP contribution in [0.1, 0.15) is 30.1 Å². The highest BCUT2D eigenvalue weighted by atomic mass is 16.5. The van der Waals surface area contributed by atoms with E-state index in [0.29, 0.717) is 17.3 Å². The Kier molecular flexibility index (Phi) is 6.81. The van der Waals surface area contributed by atoms with E-state index < -0.39 is 17.9 Å². The van der Waals surface area contributed by atoms with Crippen LogP contribution < -0.4 is 10.2 Å². The van der Waals surface area contributed by atoms with Gasteiger partial charge < -0.3 is 24.8 Å². The molecule has 0 bridgehead atoms. The molecule has 1 aromatic carbocycles. The molecule has 2 N–H and O–H groups in total. The van der Waals surface area contributed by atoms with Crippen LogP contribution in [0, 0.1) is 5.92 Å². The number of methoxy groups -OCH3 is 2. The van der Waals surface area contributed by atoms with E-state index in [9.17, 15) is 19.5 Å². The second kappa shape index (κ2) is 9.07. The van der Waals surface area contributed by atoms with E-state index in [1.807, 2.05) is 0 Å². The van der Waals surface area contributed by atoms with E-state index in [2.05, 4.69) is 26.6 Å². The molecular formula is C19H24N2O6. The third-order valence-corrected chi connectivity index (χ3v) is 4.50. The summed E-state index contributed by atoms with van der Waals surface area (Å²) in [5.74, 6) is -1.95. The number of hydrogen-bond donors (Lipinski definition) is 2. The molecule has 2 rings (SSSR count). The number of nitrogens with one attached hydrogen (secondary N) is 1. The van der Waals surface area contributed by atoms with Crippen molar-refractivity contribution in [2.24, 2.45) is 5.92 Å². The topological polar surface area (TPSA) is 105 Å². The third-order valence-electron chi connectivity index (χ3n) is 4.50. The molecule has 146 valence electrons. The number of carboxylic acids is 1. The van der Waals surface area contributed by atoms with Crippen LogP contribution in [0.15, 0.2) is 30.0 Å². The molecule has 8 heteroatoms. The number of hydrogen-bond acceptors (Lipinski definition) is 7. The molecule has 0 aromatic heterocycles. The summed E-state index contributed by atoms with van der Waals surface area (Å²) >= 11 is 0. The number of ether oxygens (including phenoxy) is 2. The molecule has 0 saturated carbocycles. The zero-order valence-electron chi connectivity index (χ0n) is 15.7. The van der Waals surface area contributed by atoms with Crippen molar-refractivity contribution < 1.29 is 29.0 Å². The summed E-state index contributed by atoms with van der Waals surface area (Å²) in [5.41, 5.74) is 0.954. The minimum atomic E-state index is -1.07. The Labute approximate surface area is 157 Å². The van der Waals surface area contributed by atoms with Crippen molar-refractivity contribution >= 4 is 29.3 Å². The number of aromatic carboxylic acids is 1. The van der Waals surface area contributed by atoms with Crippen molar-refractivity contribution in [2.75, 3.05) is 37.5 Å². The lowest BCUT2D eigenvalue weighted by Gasteiger charge is -2.33. The van der Waals surface area contributed by atoms with Gasteiger partial charge in [0.15, 0.2) is 0 Å². The van der Waals surface area contributed by atoms with Gasteiger partial charge in [0.1, 0.15) is 5.70 Å². The van der Waals surface area contributed by atoms with E-state index in [-0.39, 0.29) is 11.3 Å². The Hall–Kier alpha value is -3.03. The molecule has 0 aliphatic carbocycles. The lowest BCUT2D eigenvalue weighted by Crippen LogP contribution is -2.33. The zero-order valence-corrected chi connectivity index (χ0v) is 15.7. The van der Waals surface area contributed by atoms with Gasteiger partial charge in [-0.3, -0.25) is 0 Å². The van der Waals surface area contributed by atoms with E-state index in [4.69, 9.17) is 0 Å². The van der Waals surface area contributed by atoms with Crippen LogP contribution in [0.5, 0.6) is 0 Å². The second-order valence-electron chi connectivity index (χ2n) is 6.40. The summed E-state index contributed by atoms with van der Waals surface area (Å²) in [6.07, 6.45) is 2.97. The highest BCUT2D eigenvalue weighted by Crippen LogP contribution is 2.29. The molecule has 27 heavy (non-hydrogen) atoms. The first-order chi connectivity index (χ1) is 12.8. The van der Waals surface area contributed by atoms with Gasteiger partial charge in [0.2, 0.25) is 0 Å². The molecule has 8 nitrogen and oxygen atoms in total. The molecule has 1 aliphatic heterocycles. The maximum absolute atomic E-state index is 11.8. The Balaban J connectivity index is 2.31. The maximum atomic E-state index is 11.8. The summed E-state index contributed by atoms with van der Waals surface area (Å²) in [6, 6.07) is 4.80. The lowest BCUT2D eigenvalue weighted by atomic mass is 9.98. The van der Waals surface area contributed by atoms with Gasteiger partial charge in [-0.15, -0.1) is 0 Å². The first-order valence-corrected chi connectivity index (χ1v) is 8.63. The van der Waals surface area contributed by atoms with E-state index in [1.165, 1.54) is 20.3 Å². The van der Waals surface area contributed by atoms with Crippen LogP contribution in [0.25, 0.3) is 0 Å². The van der Waals surface area contributed by atoms with Crippen LogP contribution in [0.2, 0.25) is 0 Å². The summed E-state index contributed by atoms with van der Waals surface area (Å²) in [6.45, 7) is 3.78. The Morgan fingerprint density at radius 2 is 1.85 bits per heavy atom. The average molecular weight is 376 g/mol. The van der Waals surface area contributed by atoms with Gasteiger partial charge in [0.05, 0.1) is 31.5 Å². The van der Waals surface area contributed by atoms with Gasteiger partial charge >= 0.3 is 17.9 Å². The Bertz CT molecular complexity index is 751. The number of esters is 2. The number of anilines is 2. The Morgan fingerprint density at radius 3 is 2.41 bits per heavy atom. The molecular weight excluding hydrogens is 352 g/mol. The summed E-state index contributed by atoms with van der Waals surface area (Å²) in [5, 5.41) is 12.3. The van der Waals surface area contributed by atoms with Gasteiger partial charge in [-0.25, -0.2) is 14.4 Å². The maximum Gasteiger partial charge on any atom is 0.354 e. The number of carbonyl (C=O) groups excluding carboxylic acids is 2. The number of carboxylic acid groups (broad SMARTS) is 1. The summed E-state index contributed by atoms with van der Waals surface area (Å²) in [4.78, 5) is 37.1. The monoisotopic (exact) mass is 376 g/mol. The largest absolute Gasteiger partial charge is 0.478 e. The summed E-state index contributed by atoms with van der Waals surface area (Å²) < 4.78 is 9.15. The van der Waals surface area contributed by atoms with E-state index in [1.54, 1.807) is 12.1 Å². The SMILES string of the molecule is COC(=O)/C=C(/Nc1ccc(N2CCC(C)CC2)c(C(=O)O)c1)C(=O)OC. The number of rotatable bonds is 6. The fraction of sp³-hybridized carbons (Fsp3) is 0.421. The van der Waals surface area contributed by atoms with Crippen LogP contribution in [0.3, 0.4) is 0 Å². The van der Waals surface area contributed by atoms with Crippen LogP contribution >= 0.6 is 0 Å². The van der Waals surface area contributed by atoms with Gasteiger partial charge in [-0.05, 0) is 37.0 Å². The predicted molar refractivity (Wildman–Crippen MR) is 99.8 cm³/mol. The molecule has 1 aliphatic rings. The van der Waals surface area contributed by atoms with Crippen LogP contribution in [-0.4, -0.2) is 50.3 Å². The lowest BCUT2D eigenvalue weighted by molar-refractivity contribution is -0.138. The standard InChI is InChI=1S/C19H24N2O6/c1-12-6-8-21(9-7-12)16-5-4-13(10-14(16)18(23)24)20-15(19(25)27-3)11-17(22)26-2/h4-5,10-12,20H,6-9H2,1-3H3,(H,23,24)/b15-11+. The van der Waals surface area contributed by atoms with Crippen molar-refractivity contribution in [3.8, 4) is 0 Å². The second-order valence-corrected chi connectivity index (χ2v) is 6.40. The average Bonchev–Trinajstić information content (AvgIpc) is 2.67. The van der Waals surface area contributed by atoms with Gasteiger partial charge in [-0.2, -0.15) is 0 Å². The van der Waals surface area contributed by atoms with E-state index in [0.717, 1.165) is 32.0 Å². The predicted octanol–water partition coefficient (Wildman–Crippen LogP) is 2.26. The molecule has 1 aromatic rings. The molecule has 0 amide bonds. The van der Waals surface area contributed by atoms with Gasteiger partial charge in [-0.1, -0.05) is 6.92 Å². The van der Waals surface area contributed by atoms with Crippen molar-refractivity contribution in [3.05, 3.63) is 35.5 Å². The Morgan fingerprint density at radius 1 is 1.19 bits per heavy atom. The molecule has 0 atom stereocenters. The van der Waals surface area contributed by atoms with E-state index >= 15 is 0 Å². The van der Waals surface area contributed by atoms with Gasteiger partial charge in [0.25, 0.3) is 0 Å². The minimum absolute atomic E-state index is 0.122. The van der Waals surface area contributed by atoms with Crippen LogP contribution in [0.4, 0.5) is 11.4 Å². The smallest absolute Gasteiger partial charge is 0.354 e. The zero-order chi connectivity index (χ0) is 20.0. The molecule has 1 fully saturated rings. The van der Waals surface area contributed by atoms with Crippen molar-refractivity contribution in [1.29, 1.82) is 0 Å². The number of carbonyl (C=O) groups is 3. The van der Waals surface area contributed by atoms with Gasteiger partial charge in [0, 0.05) is 18.8 Å². The normalized spacial score (nSPS) is 15.2. The van der Waals surface area contributed by atoms with Crippen molar-refractivity contribution in [2.45, 2.75) is 19.8 Å². The first-order valence-electron chi connectivity index (χ1n) is 8.63. The minimum Gasteiger partial charge on any atom is -0.478 e. The fourth-order valence-electron chi connectivity index (χ4n) is 2.90. The third kappa shape index (κ3) is 5.22. The van der Waals surface area contributed by atoms with Crippen molar-refractivity contribution in [3.63, 3.8) is 0 Å². The number of benzene rings is 1. The molecule has 1 saturated heterocycles. The number of piperidine rings is 1. The van der Waals surface area contributed by atoms with Crippen LogP contribution in [-0.2, 0) is 19.1 Å². The first kappa shape index (κ1) is 20.3. The molecule has 0 spiro atoms. The number of nitrogens with zero attached hydrogens (tertiary/aromatic N) is 1. The molecule has 1 heterocycles. The summed E-state index contributed by atoms with van der Waals surface area (Å²) in [7, 11) is 2.36. The highest BCUT2D eigenvalue weighted by molar-refractivity contribution is 6.00. The molecule has 0 radical (unpaired) electrons. The fourth-order valence-corrected chi connectivity index (χ4v) is 2.90. The highest BCUT2D eigenvalue weighted by Gasteiger charge is 2.22. The molecule has 0 unspecified atom stereocenters.